The van der Waals surface area contributed by atoms with Gasteiger partial charge in [0, 0.05) is 5.41 Å². The zero-order chi connectivity index (χ0) is 7.90. The Morgan fingerprint density at radius 1 is 1.73 bits per heavy atom. The average Bonchev–Trinajstić information content (AvgIpc) is 2.48. The van der Waals surface area contributed by atoms with E-state index in [1.807, 2.05) is 0 Å². The van der Waals surface area contributed by atoms with Crippen molar-refractivity contribution in [3.63, 3.8) is 0 Å². The maximum Gasteiger partial charge on any atom is 0.309 e. The van der Waals surface area contributed by atoms with Crippen molar-refractivity contribution >= 4 is 5.97 Å². The van der Waals surface area contributed by atoms with Crippen LogP contribution in [-0.2, 0) is 9.53 Å². The van der Waals surface area contributed by atoms with Crippen molar-refractivity contribution < 1.29 is 9.53 Å². The Balaban J connectivity index is 2.03. The van der Waals surface area contributed by atoms with Crippen LogP contribution >= 0.6 is 0 Å². The van der Waals surface area contributed by atoms with Gasteiger partial charge in [0.2, 0.25) is 0 Å². The molecule has 2 aliphatic carbocycles. The van der Waals surface area contributed by atoms with Crippen molar-refractivity contribution in [2.75, 3.05) is 7.11 Å². The molecule has 0 saturated heterocycles. The van der Waals surface area contributed by atoms with Crippen LogP contribution in [0.3, 0.4) is 0 Å². The predicted octanol–water partition coefficient (Wildman–Crippen LogP) is 1.52. The highest BCUT2D eigenvalue weighted by molar-refractivity contribution is 5.77. The fourth-order valence-corrected chi connectivity index (χ4v) is 2.00. The monoisotopic (exact) mass is 152 g/mol. The topological polar surface area (TPSA) is 26.3 Å². The summed E-state index contributed by atoms with van der Waals surface area (Å²) >= 11 is 0. The molecule has 2 unspecified atom stereocenters. The van der Waals surface area contributed by atoms with E-state index < -0.39 is 0 Å². The summed E-state index contributed by atoms with van der Waals surface area (Å²) in [6, 6.07) is 0. The Hall–Kier alpha value is -0.790. The molecule has 2 rings (SSSR count). The van der Waals surface area contributed by atoms with E-state index >= 15 is 0 Å². The normalized spacial score (nSPS) is 39.5. The van der Waals surface area contributed by atoms with Crippen LogP contribution in [0.1, 0.15) is 19.3 Å². The van der Waals surface area contributed by atoms with E-state index in [-0.39, 0.29) is 17.3 Å². The Morgan fingerprint density at radius 2 is 2.55 bits per heavy atom. The smallest absolute Gasteiger partial charge is 0.309 e. The molecular weight excluding hydrogens is 140 g/mol. The quantitative estimate of drug-likeness (QED) is 0.420. The van der Waals surface area contributed by atoms with Crippen molar-refractivity contribution in [2.24, 2.45) is 11.3 Å². The Kier molecular flexibility index (Phi) is 1.31. The zero-order valence-corrected chi connectivity index (χ0v) is 6.67. The van der Waals surface area contributed by atoms with E-state index in [1.165, 1.54) is 7.11 Å². The molecule has 60 valence electrons. The molecular formula is C9H12O2. The third-order valence-corrected chi connectivity index (χ3v) is 2.83. The minimum Gasteiger partial charge on any atom is -0.469 e. The first-order valence-electron chi connectivity index (χ1n) is 4.04. The highest BCUT2D eigenvalue weighted by Gasteiger charge is 2.57. The van der Waals surface area contributed by atoms with Crippen LogP contribution in [0.5, 0.6) is 0 Å². The molecule has 1 saturated carbocycles. The number of ether oxygens (including phenoxy) is 1. The lowest BCUT2D eigenvalue weighted by Crippen LogP contribution is -2.08. The van der Waals surface area contributed by atoms with Crippen LogP contribution < -0.4 is 0 Å². The van der Waals surface area contributed by atoms with Gasteiger partial charge in [0.25, 0.3) is 0 Å². The molecule has 0 aromatic carbocycles. The number of esters is 1. The Morgan fingerprint density at radius 3 is 3.09 bits per heavy atom. The fourth-order valence-electron chi connectivity index (χ4n) is 2.00. The van der Waals surface area contributed by atoms with Gasteiger partial charge < -0.3 is 4.74 Å². The van der Waals surface area contributed by atoms with Crippen molar-refractivity contribution in [2.45, 2.75) is 19.3 Å². The van der Waals surface area contributed by atoms with Gasteiger partial charge in [0.15, 0.2) is 0 Å². The maximum atomic E-state index is 11.1. The minimum atomic E-state index is -0.0310. The molecule has 2 nitrogen and oxygen atoms in total. The predicted molar refractivity (Wildman–Crippen MR) is 40.9 cm³/mol. The molecule has 0 radical (unpaired) electrons. The summed E-state index contributed by atoms with van der Waals surface area (Å²) in [6.45, 7) is 0. The lowest BCUT2D eigenvalue weighted by molar-refractivity contribution is -0.142. The Bertz CT molecular complexity index is 220. The summed E-state index contributed by atoms with van der Waals surface area (Å²) in [7, 11) is 1.47. The number of hydrogen-bond donors (Lipinski definition) is 0. The molecule has 1 fully saturated rings. The van der Waals surface area contributed by atoms with Gasteiger partial charge in [-0.05, 0) is 19.3 Å². The molecule has 0 aliphatic heterocycles. The molecule has 0 amide bonds. The van der Waals surface area contributed by atoms with Crippen LogP contribution in [0.2, 0.25) is 0 Å². The van der Waals surface area contributed by atoms with Crippen LogP contribution in [0, 0.1) is 11.3 Å². The molecule has 0 aromatic rings. The van der Waals surface area contributed by atoms with Crippen LogP contribution in [0.4, 0.5) is 0 Å². The molecule has 0 bridgehead atoms. The molecule has 2 atom stereocenters. The number of carbonyl (C=O) groups excluding carboxylic acids is 1. The van der Waals surface area contributed by atoms with E-state index in [0.717, 1.165) is 19.3 Å². The number of methoxy groups -OCH3 is 1. The van der Waals surface area contributed by atoms with Crippen molar-refractivity contribution in [3.05, 3.63) is 12.2 Å². The third-order valence-electron chi connectivity index (χ3n) is 2.83. The summed E-state index contributed by atoms with van der Waals surface area (Å²) in [5, 5.41) is 0. The van der Waals surface area contributed by atoms with E-state index in [1.54, 1.807) is 0 Å². The van der Waals surface area contributed by atoms with Crippen molar-refractivity contribution in [3.8, 4) is 0 Å². The van der Waals surface area contributed by atoms with Gasteiger partial charge in [-0.1, -0.05) is 12.2 Å². The summed E-state index contributed by atoms with van der Waals surface area (Å²) in [6.07, 6.45) is 7.65. The van der Waals surface area contributed by atoms with Gasteiger partial charge in [-0.25, -0.2) is 0 Å². The van der Waals surface area contributed by atoms with Crippen LogP contribution in [-0.4, -0.2) is 13.1 Å². The number of rotatable bonds is 1. The van der Waals surface area contributed by atoms with Gasteiger partial charge in [-0.3, -0.25) is 4.79 Å². The number of allylic oxidation sites excluding steroid dienone is 2. The second-order valence-corrected chi connectivity index (χ2v) is 3.45. The summed E-state index contributed by atoms with van der Waals surface area (Å²) in [5.41, 5.74) is 0.229. The largest absolute Gasteiger partial charge is 0.469 e. The van der Waals surface area contributed by atoms with E-state index in [0.29, 0.717) is 0 Å². The lowest BCUT2D eigenvalue weighted by atomic mass is 10.0. The third kappa shape index (κ3) is 0.889. The molecule has 0 N–H and O–H groups in total. The minimum absolute atomic E-state index is 0.0310. The molecule has 11 heavy (non-hydrogen) atoms. The maximum absolute atomic E-state index is 11.1. The number of hydrogen-bond acceptors (Lipinski definition) is 2. The molecule has 1 spiro atoms. The van der Waals surface area contributed by atoms with Crippen molar-refractivity contribution in [1.82, 2.24) is 0 Å². The zero-order valence-electron chi connectivity index (χ0n) is 6.67. The van der Waals surface area contributed by atoms with Gasteiger partial charge >= 0.3 is 5.97 Å². The fraction of sp³-hybridized carbons (Fsp3) is 0.667. The molecule has 0 aromatic heterocycles. The van der Waals surface area contributed by atoms with E-state index in [2.05, 4.69) is 16.9 Å². The Labute approximate surface area is 66.2 Å². The molecule has 0 heterocycles. The highest BCUT2D eigenvalue weighted by Crippen LogP contribution is 2.59. The van der Waals surface area contributed by atoms with Crippen molar-refractivity contribution in [1.29, 1.82) is 0 Å². The van der Waals surface area contributed by atoms with Crippen LogP contribution in [0.25, 0.3) is 0 Å². The van der Waals surface area contributed by atoms with Gasteiger partial charge in [0.1, 0.15) is 0 Å². The van der Waals surface area contributed by atoms with Crippen LogP contribution in [0.15, 0.2) is 12.2 Å². The van der Waals surface area contributed by atoms with Gasteiger partial charge in [0.05, 0.1) is 13.0 Å². The summed E-state index contributed by atoms with van der Waals surface area (Å²) in [5.74, 6) is 0.141. The first-order chi connectivity index (χ1) is 5.28. The molecule has 2 heteroatoms. The first-order valence-corrected chi connectivity index (χ1v) is 4.04. The lowest BCUT2D eigenvalue weighted by Gasteiger charge is -2.03. The number of carbonyl (C=O) groups is 1. The van der Waals surface area contributed by atoms with E-state index in [4.69, 9.17) is 0 Å². The first kappa shape index (κ1) is 6.89. The second kappa shape index (κ2) is 2.10. The average molecular weight is 152 g/mol. The highest BCUT2D eigenvalue weighted by atomic mass is 16.5. The standard InChI is InChI=1S/C9H12O2/c1-11-8(10)7-6-9(7)4-2-3-5-9/h2,4,7H,3,5-6H2,1H3. The summed E-state index contributed by atoms with van der Waals surface area (Å²) < 4.78 is 4.69. The summed E-state index contributed by atoms with van der Waals surface area (Å²) in [4.78, 5) is 11.1. The SMILES string of the molecule is COC(=O)C1CC12C=CCC2. The van der Waals surface area contributed by atoms with Gasteiger partial charge in [-0.2, -0.15) is 0 Å². The van der Waals surface area contributed by atoms with Gasteiger partial charge in [-0.15, -0.1) is 0 Å². The molecule has 2 aliphatic rings. The van der Waals surface area contributed by atoms with E-state index in [9.17, 15) is 4.79 Å². The second-order valence-electron chi connectivity index (χ2n) is 3.45.